The largest absolute Gasteiger partial charge is 0.495 e. The molecule has 1 fully saturated rings. The number of likely N-dealkylation sites (tertiary alicyclic amines) is 1. The summed E-state index contributed by atoms with van der Waals surface area (Å²) >= 11 is 7.95. The number of rotatable bonds is 4. The summed E-state index contributed by atoms with van der Waals surface area (Å²) < 4.78 is 7.23. The highest BCUT2D eigenvalue weighted by molar-refractivity contribution is 8.00. The molecule has 2 aromatic carbocycles. The van der Waals surface area contributed by atoms with Gasteiger partial charge in [0, 0.05) is 17.6 Å². The second-order valence-corrected chi connectivity index (χ2v) is 10.4. The van der Waals surface area contributed by atoms with Gasteiger partial charge in [0.25, 0.3) is 0 Å². The molecule has 34 heavy (non-hydrogen) atoms. The molecule has 1 aromatic heterocycles. The molecule has 1 amide bonds. The Morgan fingerprint density at radius 2 is 1.85 bits per heavy atom. The van der Waals surface area contributed by atoms with E-state index in [2.05, 4.69) is 34.4 Å². The van der Waals surface area contributed by atoms with E-state index in [-0.39, 0.29) is 24.0 Å². The number of halogens is 1. The minimum atomic E-state index is -0.409. The fourth-order valence-corrected chi connectivity index (χ4v) is 6.35. The van der Waals surface area contributed by atoms with E-state index in [1.54, 1.807) is 7.11 Å². The second kappa shape index (κ2) is 9.50. The standard InChI is InChI=1S/C25H28ClN5O2S/c1-15-8-7-9-16(2)30(15)24(32)22-21(18-12-13-20(33-3)19(26)14-18)29-31-23(27-28-25(31)34-22)17-10-5-4-6-11-17/h4-6,10-16,21-22,29H,7-9H2,1-3H3/t15-,16+,21-,22-/m0/s1. The van der Waals surface area contributed by atoms with Crippen molar-refractivity contribution < 1.29 is 9.53 Å². The van der Waals surface area contributed by atoms with E-state index in [4.69, 9.17) is 16.3 Å². The second-order valence-electron chi connectivity index (χ2n) is 8.92. The Kier molecular flexibility index (Phi) is 6.44. The first kappa shape index (κ1) is 23.1. The van der Waals surface area contributed by atoms with Crippen LogP contribution in [0.2, 0.25) is 5.02 Å². The molecule has 1 N–H and O–H groups in total. The third-order valence-corrected chi connectivity index (χ3v) is 8.19. The van der Waals surface area contributed by atoms with Crippen LogP contribution in [0, 0.1) is 0 Å². The van der Waals surface area contributed by atoms with Crippen molar-refractivity contribution in [2.45, 2.75) is 61.6 Å². The lowest BCUT2D eigenvalue weighted by atomic mass is 9.95. The van der Waals surface area contributed by atoms with Crippen LogP contribution in [-0.4, -0.2) is 50.1 Å². The minimum Gasteiger partial charge on any atom is -0.495 e. The van der Waals surface area contributed by atoms with Crippen molar-refractivity contribution in [2.24, 2.45) is 0 Å². The number of carbonyl (C=O) groups is 1. The third kappa shape index (κ3) is 4.14. The van der Waals surface area contributed by atoms with Crippen molar-refractivity contribution in [3.8, 4) is 17.1 Å². The highest BCUT2D eigenvalue weighted by Gasteiger charge is 2.42. The van der Waals surface area contributed by atoms with Gasteiger partial charge in [0.05, 0.1) is 18.2 Å². The number of aromatic nitrogens is 3. The van der Waals surface area contributed by atoms with Crippen molar-refractivity contribution in [3.63, 3.8) is 0 Å². The van der Waals surface area contributed by atoms with Gasteiger partial charge in [0.1, 0.15) is 11.0 Å². The number of hydrogen-bond acceptors (Lipinski definition) is 6. The number of benzene rings is 2. The Labute approximate surface area is 208 Å². The number of nitrogens with one attached hydrogen (secondary N) is 1. The maximum atomic E-state index is 14.0. The Hall–Kier alpha value is -2.71. The monoisotopic (exact) mass is 497 g/mol. The first-order valence-electron chi connectivity index (χ1n) is 11.6. The molecule has 1 saturated heterocycles. The van der Waals surface area contributed by atoms with Crippen molar-refractivity contribution in [1.82, 2.24) is 19.8 Å². The van der Waals surface area contributed by atoms with Gasteiger partial charge in [-0.05, 0) is 50.8 Å². The topological polar surface area (TPSA) is 72.3 Å². The number of hydrogen-bond donors (Lipinski definition) is 1. The maximum Gasteiger partial charge on any atom is 0.239 e. The van der Waals surface area contributed by atoms with Crippen LogP contribution in [0.15, 0.2) is 53.7 Å². The van der Waals surface area contributed by atoms with Crippen LogP contribution in [0.4, 0.5) is 0 Å². The summed E-state index contributed by atoms with van der Waals surface area (Å²) in [7, 11) is 1.59. The number of fused-ring (bicyclic) bond motifs is 1. The van der Waals surface area contributed by atoms with Gasteiger partial charge in [-0.3, -0.25) is 4.79 Å². The lowest BCUT2D eigenvalue weighted by Crippen LogP contribution is -2.53. The molecule has 0 saturated carbocycles. The number of thioether (sulfide) groups is 1. The SMILES string of the molecule is COc1ccc([C@@H]2Nn3c(nnc3-c3ccccc3)S[C@@H]2C(=O)N2[C@H](C)CCC[C@@H]2C)cc1Cl. The zero-order chi connectivity index (χ0) is 23.8. The van der Waals surface area contributed by atoms with Crippen molar-refractivity contribution in [1.29, 1.82) is 0 Å². The number of amides is 1. The van der Waals surface area contributed by atoms with E-state index in [1.165, 1.54) is 11.8 Å². The average Bonchev–Trinajstić information content (AvgIpc) is 3.26. The van der Waals surface area contributed by atoms with Gasteiger partial charge in [0.15, 0.2) is 5.82 Å². The van der Waals surface area contributed by atoms with Crippen LogP contribution >= 0.6 is 23.4 Å². The fraction of sp³-hybridized carbons (Fsp3) is 0.400. The molecule has 2 aliphatic heterocycles. The highest BCUT2D eigenvalue weighted by atomic mass is 35.5. The number of nitrogens with zero attached hydrogens (tertiary/aromatic N) is 4. The Balaban J connectivity index is 1.56. The highest BCUT2D eigenvalue weighted by Crippen LogP contribution is 2.42. The first-order valence-corrected chi connectivity index (χ1v) is 12.8. The molecule has 3 heterocycles. The van der Waals surface area contributed by atoms with E-state index >= 15 is 0 Å². The molecule has 5 rings (SSSR count). The summed E-state index contributed by atoms with van der Waals surface area (Å²) in [6, 6.07) is 15.7. The fourth-order valence-electron chi connectivity index (χ4n) is 4.95. The number of methoxy groups -OCH3 is 1. The zero-order valence-corrected chi connectivity index (χ0v) is 21.0. The predicted octanol–water partition coefficient (Wildman–Crippen LogP) is 5.16. The number of carbonyl (C=O) groups excluding carboxylic acids is 1. The van der Waals surface area contributed by atoms with Gasteiger partial charge in [0.2, 0.25) is 11.1 Å². The van der Waals surface area contributed by atoms with Gasteiger partial charge in [-0.2, -0.15) is 0 Å². The van der Waals surface area contributed by atoms with Crippen LogP contribution < -0.4 is 10.2 Å². The summed E-state index contributed by atoms with van der Waals surface area (Å²) in [6.45, 7) is 4.29. The van der Waals surface area contributed by atoms with E-state index in [9.17, 15) is 4.79 Å². The van der Waals surface area contributed by atoms with Crippen LogP contribution in [0.25, 0.3) is 11.4 Å². The maximum absolute atomic E-state index is 14.0. The summed E-state index contributed by atoms with van der Waals surface area (Å²) in [5, 5.41) is 9.63. The normalized spacial score (nSPS) is 24.3. The molecule has 7 nitrogen and oxygen atoms in total. The van der Waals surface area contributed by atoms with Crippen LogP contribution in [-0.2, 0) is 4.79 Å². The number of piperidine rings is 1. The lowest BCUT2D eigenvalue weighted by molar-refractivity contribution is -0.137. The van der Waals surface area contributed by atoms with Gasteiger partial charge in [-0.15, -0.1) is 10.2 Å². The van der Waals surface area contributed by atoms with Crippen molar-refractivity contribution >= 4 is 29.3 Å². The minimum absolute atomic E-state index is 0.115. The Morgan fingerprint density at radius 3 is 2.53 bits per heavy atom. The molecular weight excluding hydrogens is 470 g/mol. The van der Waals surface area contributed by atoms with E-state index in [0.29, 0.717) is 21.8 Å². The third-order valence-electron chi connectivity index (χ3n) is 6.70. The Bertz CT molecular complexity index is 1180. The molecule has 2 aliphatic rings. The Morgan fingerprint density at radius 1 is 1.12 bits per heavy atom. The summed E-state index contributed by atoms with van der Waals surface area (Å²) in [5.41, 5.74) is 5.41. The average molecular weight is 498 g/mol. The lowest BCUT2D eigenvalue weighted by Gasteiger charge is -2.43. The molecule has 0 bridgehead atoms. The predicted molar refractivity (Wildman–Crippen MR) is 135 cm³/mol. The van der Waals surface area contributed by atoms with Gasteiger partial charge < -0.3 is 15.1 Å². The van der Waals surface area contributed by atoms with E-state index in [0.717, 1.165) is 30.4 Å². The molecule has 0 unspecified atom stereocenters. The molecule has 3 aromatic rings. The van der Waals surface area contributed by atoms with E-state index < -0.39 is 5.25 Å². The van der Waals surface area contributed by atoms with Crippen LogP contribution in [0.3, 0.4) is 0 Å². The molecule has 4 atom stereocenters. The molecule has 178 valence electrons. The van der Waals surface area contributed by atoms with Crippen molar-refractivity contribution in [3.05, 3.63) is 59.1 Å². The summed E-state index contributed by atoms with van der Waals surface area (Å²) in [4.78, 5) is 16.1. The van der Waals surface area contributed by atoms with Gasteiger partial charge in [-0.25, -0.2) is 4.68 Å². The number of ether oxygens (including phenoxy) is 1. The van der Waals surface area contributed by atoms with E-state index in [1.807, 2.05) is 53.2 Å². The first-order chi connectivity index (χ1) is 16.5. The van der Waals surface area contributed by atoms with Crippen molar-refractivity contribution in [2.75, 3.05) is 12.5 Å². The van der Waals surface area contributed by atoms with Gasteiger partial charge >= 0.3 is 0 Å². The van der Waals surface area contributed by atoms with Crippen LogP contribution in [0.5, 0.6) is 5.75 Å². The quantitative estimate of drug-likeness (QED) is 0.537. The molecule has 0 spiro atoms. The molecule has 0 radical (unpaired) electrons. The molecule has 9 heteroatoms. The molecular formula is C25H28ClN5O2S. The summed E-state index contributed by atoms with van der Waals surface area (Å²) in [5.74, 6) is 1.42. The molecule has 0 aliphatic carbocycles. The van der Waals surface area contributed by atoms with Gasteiger partial charge in [-0.1, -0.05) is 59.8 Å². The van der Waals surface area contributed by atoms with Crippen LogP contribution in [0.1, 0.15) is 44.7 Å². The zero-order valence-electron chi connectivity index (χ0n) is 19.4. The smallest absolute Gasteiger partial charge is 0.239 e. The summed E-state index contributed by atoms with van der Waals surface area (Å²) in [6.07, 6.45) is 3.19.